The molecule has 0 fully saturated rings. The smallest absolute Gasteiger partial charge is 0.302 e. The first-order valence-corrected chi connectivity index (χ1v) is 5.46. The highest BCUT2D eigenvalue weighted by molar-refractivity contribution is 5.87. The molecule has 17 heavy (non-hydrogen) atoms. The summed E-state index contributed by atoms with van der Waals surface area (Å²) in [6.07, 6.45) is 1.58. The first-order chi connectivity index (χ1) is 8.29. The number of nitrogens with zero attached hydrogens (tertiary/aromatic N) is 1. The Kier molecular flexibility index (Phi) is 2.14. The highest BCUT2D eigenvalue weighted by Gasteiger charge is 2.16. The third kappa shape index (κ3) is 1.49. The van der Waals surface area contributed by atoms with E-state index < -0.39 is 0 Å². The summed E-state index contributed by atoms with van der Waals surface area (Å²) in [6, 6.07) is 8.99. The van der Waals surface area contributed by atoms with Gasteiger partial charge in [0.25, 0.3) is 5.56 Å². The molecule has 1 aliphatic heterocycles. The molecule has 0 aliphatic carbocycles. The fourth-order valence-corrected chi connectivity index (χ4v) is 1.94. The van der Waals surface area contributed by atoms with Crippen LogP contribution in [0.4, 0.5) is 0 Å². The lowest BCUT2D eigenvalue weighted by Gasteiger charge is -2.18. The molecule has 86 valence electrons. The summed E-state index contributed by atoms with van der Waals surface area (Å²) in [5.41, 5.74) is 0.689. The molecule has 4 nitrogen and oxygen atoms in total. The van der Waals surface area contributed by atoms with Gasteiger partial charge < -0.3 is 9.47 Å². The van der Waals surface area contributed by atoms with Crippen LogP contribution in [0.1, 0.15) is 6.92 Å². The zero-order valence-corrected chi connectivity index (χ0v) is 9.34. The van der Waals surface area contributed by atoms with Gasteiger partial charge in [0, 0.05) is 11.5 Å². The number of para-hydroxylation sites is 1. The number of aromatic nitrogens is 1. The van der Waals surface area contributed by atoms with E-state index in [4.69, 9.17) is 9.47 Å². The summed E-state index contributed by atoms with van der Waals surface area (Å²) in [7, 11) is 0. The van der Waals surface area contributed by atoms with Gasteiger partial charge in [-0.05, 0) is 19.1 Å². The van der Waals surface area contributed by atoms with Crippen molar-refractivity contribution in [1.29, 1.82) is 0 Å². The third-order valence-corrected chi connectivity index (χ3v) is 2.65. The molecule has 3 rings (SSSR count). The van der Waals surface area contributed by atoms with Crippen molar-refractivity contribution in [2.75, 3.05) is 6.61 Å². The summed E-state index contributed by atoms with van der Waals surface area (Å²) in [4.78, 5) is 11.8. The summed E-state index contributed by atoms with van der Waals surface area (Å²) in [6.45, 7) is 2.37. The van der Waals surface area contributed by atoms with Crippen LogP contribution in [0.2, 0.25) is 0 Å². The monoisotopic (exact) mass is 229 g/mol. The second kappa shape index (κ2) is 3.66. The minimum atomic E-state index is -0.0922. The van der Waals surface area contributed by atoms with E-state index in [1.165, 1.54) is 6.07 Å². The molecule has 1 aromatic carbocycles. The molecule has 1 aromatic heterocycles. The van der Waals surface area contributed by atoms with Gasteiger partial charge in [0.05, 0.1) is 18.3 Å². The van der Waals surface area contributed by atoms with Crippen molar-refractivity contribution < 1.29 is 9.47 Å². The van der Waals surface area contributed by atoms with Gasteiger partial charge >= 0.3 is 5.95 Å². The minimum absolute atomic E-state index is 0.0922. The van der Waals surface area contributed by atoms with Crippen LogP contribution in [0.3, 0.4) is 0 Å². The summed E-state index contributed by atoms with van der Waals surface area (Å²) in [5.74, 6) is 0.993. The highest BCUT2D eigenvalue weighted by atomic mass is 16.7. The number of benzene rings is 1. The number of ether oxygens (including phenoxy) is 2. The van der Waals surface area contributed by atoms with Gasteiger partial charge in [-0.3, -0.25) is 9.36 Å². The van der Waals surface area contributed by atoms with E-state index in [0.29, 0.717) is 18.3 Å². The van der Waals surface area contributed by atoms with Crippen LogP contribution in [0.15, 0.2) is 41.1 Å². The molecule has 0 bridgehead atoms. The second-order valence-corrected chi connectivity index (χ2v) is 3.72. The maximum atomic E-state index is 11.8. The maximum Gasteiger partial charge on any atom is 0.302 e. The van der Waals surface area contributed by atoms with Crippen molar-refractivity contribution in [1.82, 2.24) is 4.57 Å². The Morgan fingerprint density at radius 2 is 2.18 bits per heavy atom. The van der Waals surface area contributed by atoms with Crippen LogP contribution >= 0.6 is 0 Å². The molecule has 0 spiro atoms. The van der Waals surface area contributed by atoms with Gasteiger partial charge in [0.15, 0.2) is 5.75 Å². The lowest BCUT2D eigenvalue weighted by molar-refractivity contribution is 0.118. The first-order valence-electron chi connectivity index (χ1n) is 5.46. The normalized spacial score (nSPS) is 13.1. The molecule has 0 radical (unpaired) electrons. The quantitative estimate of drug-likeness (QED) is 0.792. The predicted octanol–water partition coefficient (Wildman–Crippen LogP) is 2.19. The van der Waals surface area contributed by atoms with Gasteiger partial charge in [-0.15, -0.1) is 0 Å². The molecule has 2 heterocycles. The molecule has 0 unspecified atom stereocenters. The lowest BCUT2D eigenvalue weighted by atomic mass is 10.2. The Balaban J connectivity index is 2.33. The van der Waals surface area contributed by atoms with Crippen molar-refractivity contribution in [3.05, 3.63) is 46.6 Å². The fraction of sp³-hybridized carbons (Fsp3) is 0.154. The third-order valence-electron chi connectivity index (χ3n) is 2.65. The zero-order valence-electron chi connectivity index (χ0n) is 9.34. The molecular weight excluding hydrogens is 218 g/mol. The molecule has 0 N–H and O–H groups in total. The van der Waals surface area contributed by atoms with Crippen LogP contribution in [0.5, 0.6) is 5.75 Å². The number of hydrogen-bond donors (Lipinski definition) is 0. The average Bonchev–Trinajstić information content (AvgIpc) is 2.34. The molecule has 2 aromatic rings. The first kappa shape index (κ1) is 9.96. The van der Waals surface area contributed by atoms with Crippen molar-refractivity contribution in [3.8, 4) is 5.75 Å². The van der Waals surface area contributed by atoms with Gasteiger partial charge in [-0.25, -0.2) is 0 Å². The molecule has 0 amide bonds. The molecular formula is C13H11NO3. The summed E-state index contributed by atoms with van der Waals surface area (Å²) in [5, 5.41) is 0.967. The maximum absolute atomic E-state index is 11.8. The van der Waals surface area contributed by atoms with Crippen molar-refractivity contribution in [2.45, 2.75) is 6.92 Å². The molecule has 0 atom stereocenters. The van der Waals surface area contributed by atoms with Crippen molar-refractivity contribution >= 4 is 17.1 Å². The van der Waals surface area contributed by atoms with Gasteiger partial charge in [0.2, 0.25) is 0 Å². The Labute approximate surface area is 97.7 Å². The summed E-state index contributed by atoms with van der Waals surface area (Å²) >= 11 is 0. The highest BCUT2D eigenvalue weighted by Crippen LogP contribution is 2.29. The molecule has 0 saturated heterocycles. The van der Waals surface area contributed by atoms with E-state index in [9.17, 15) is 4.79 Å². The molecule has 0 saturated carbocycles. The Morgan fingerprint density at radius 3 is 3.00 bits per heavy atom. The van der Waals surface area contributed by atoms with Gasteiger partial charge in [0.1, 0.15) is 0 Å². The Hall–Kier alpha value is -2.23. The summed E-state index contributed by atoms with van der Waals surface area (Å²) < 4.78 is 12.4. The number of rotatable bonds is 2. The van der Waals surface area contributed by atoms with E-state index in [1.54, 1.807) is 16.8 Å². The van der Waals surface area contributed by atoms with Crippen molar-refractivity contribution in [2.24, 2.45) is 0 Å². The van der Waals surface area contributed by atoms with E-state index in [0.717, 1.165) is 10.9 Å². The van der Waals surface area contributed by atoms with Crippen LogP contribution in [0, 0.1) is 0 Å². The SMILES string of the molecule is CCOC1=Cn2c(=O)ccc3cccc(c32)O1. The van der Waals surface area contributed by atoms with Crippen LogP contribution < -0.4 is 10.3 Å². The zero-order chi connectivity index (χ0) is 11.8. The van der Waals surface area contributed by atoms with Gasteiger partial charge in [-0.2, -0.15) is 0 Å². The fourth-order valence-electron chi connectivity index (χ4n) is 1.94. The van der Waals surface area contributed by atoms with E-state index in [-0.39, 0.29) is 5.56 Å². The largest absolute Gasteiger partial charge is 0.464 e. The van der Waals surface area contributed by atoms with Crippen LogP contribution in [0.25, 0.3) is 17.1 Å². The number of hydrogen-bond acceptors (Lipinski definition) is 3. The number of pyridine rings is 1. The van der Waals surface area contributed by atoms with E-state index in [2.05, 4.69) is 0 Å². The van der Waals surface area contributed by atoms with Gasteiger partial charge in [-0.1, -0.05) is 12.1 Å². The molecule has 4 heteroatoms. The Morgan fingerprint density at radius 1 is 1.29 bits per heavy atom. The van der Waals surface area contributed by atoms with E-state index in [1.807, 2.05) is 25.1 Å². The minimum Gasteiger partial charge on any atom is -0.464 e. The van der Waals surface area contributed by atoms with Crippen molar-refractivity contribution in [3.63, 3.8) is 0 Å². The van der Waals surface area contributed by atoms with E-state index >= 15 is 0 Å². The predicted molar refractivity (Wildman–Crippen MR) is 64.7 cm³/mol. The standard InChI is InChI=1S/C13H11NO3/c1-2-16-12-8-14-11(15)7-6-9-4-3-5-10(17-12)13(9)14/h3-8H,2H2,1H3. The Bertz CT molecular complexity index is 670. The average molecular weight is 229 g/mol. The second-order valence-electron chi connectivity index (χ2n) is 3.72. The topological polar surface area (TPSA) is 40.5 Å². The van der Waals surface area contributed by atoms with Crippen LogP contribution in [-0.4, -0.2) is 11.2 Å². The van der Waals surface area contributed by atoms with Crippen LogP contribution in [-0.2, 0) is 4.74 Å². The lowest BCUT2D eigenvalue weighted by Crippen LogP contribution is -2.20. The molecule has 1 aliphatic rings.